The molecule has 1 saturated carbocycles. The summed E-state index contributed by atoms with van der Waals surface area (Å²) >= 11 is 0. The van der Waals surface area contributed by atoms with Crippen LogP contribution in [0.5, 0.6) is 0 Å². The van der Waals surface area contributed by atoms with Crippen LogP contribution in [0.25, 0.3) is 0 Å². The Kier molecular flexibility index (Phi) is 5.62. The molecule has 1 aliphatic carbocycles. The van der Waals surface area contributed by atoms with E-state index in [9.17, 15) is 4.79 Å². The van der Waals surface area contributed by atoms with Crippen molar-refractivity contribution in [2.24, 2.45) is 0 Å². The summed E-state index contributed by atoms with van der Waals surface area (Å²) in [6.45, 7) is 9.03. The Morgan fingerprint density at radius 3 is 2.67 bits per heavy atom. The van der Waals surface area contributed by atoms with Crippen molar-refractivity contribution >= 4 is 11.6 Å². The number of carbonyl (C=O) groups is 1. The van der Waals surface area contributed by atoms with Gasteiger partial charge in [-0.15, -0.1) is 0 Å². The highest BCUT2D eigenvalue weighted by atomic mass is 16.1. The fourth-order valence-electron chi connectivity index (χ4n) is 2.56. The first-order chi connectivity index (χ1) is 10.1. The summed E-state index contributed by atoms with van der Waals surface area (Å²) < 4.78 is 0. The Bertz CT molecular complexity index is 469. The summed E-state index contributed by atoms with van der Waals surface area (Å²) in [4.78, 5) is 14.8. The zero-order chi connectivity index (χ0) is 15.2. The summed E-state index contributed by atoms with van der Waals surface area (Å²) in [6.07, 6.45) is 2.62. The fraction of sp³-hybridized carbons (Fsp3) is 0.588. The molecule has 1 aromatic rings. The van der Waals surface area contributed by atoms with Crippen molar-refractivity contribution in [1.82, 2.24) is 10.2 Å². The van der Waals surface area contributed by atoms with Gasteiger partial charge in [-0.05, 0) is 45.4 Å². The van der Waals surface area contributed by atoms with Gasteiger partial charge < -0.3 is 10.6 Å². The number of likely N-dealkylation sites (N-methyl/N-ethyl adjacent to an activating group) is 1. The first kappa shape index (κ1) is 15.8. The number of amides is 1. The maximum atomic E-state index is 12.3. The van der Waals surface area contributed by atoms with Gasteiger partial charge in [0.15, 0.2) is 0 Å². The average molecular weight is 289 g/mol. The molecule has 0 heterocycles. The van der Waals surface area contributed by atoms with Crippen LogP contribution in [0.3, 0.4) is 0 Å². The van der Waals surface area contributed by atoms with E-state index in [1.807, 2.05) is 24.3 Å². The van der Waals surface area contributed by atoms with Crippen LogP contribution >= 0.6 is 0 Å². The van der Waals surface area contributed by atoms with E-state index in [2.05, 4.69) is 36.3 Å². The van der Waals surface area contributed by atoms with Crippen LogP contribution in [0.4, 0.5) is 5.69 Å². The van der Waals surface area contributed by atoms with Crippen molar-refractivity contribution in [3.63, 3.8) is 0 Å². The number of nitrogens with one attached hydrogen (secondary N) is 2. The highest BCUT2D eigenvalue weighted by molar-refractivity contribution is 5.99. The lowest BCUT2D eigenvalue weighted by Gasteiger charge is -2.20. The number of hydrogen-bond donors (Lipinski definition) is 2. The van der Waals surface area contributed by atoms with E-state index >= 15 is 0 Å². The Hall–Kier alpha value is -1.55. The second-order valence-electron chi connectivity index (χ2n) is 5.96. The van der Waals surface area contributed by atoms with Crippen LogP contribution in [0, 0.1) is 0 Å². The largest absolute Gasteiger partial charge is 0.382 e. The zero-order valence-corrected chi connectivity index (χ0v) is 13.4. The second-order valence-corrected chi connectivity index (χ2v) is 5.96. The predicted molar refractivity (Wildman–Crippen MR) is 87.8 cm³/mol. The normalized spacial score (nSPS) is 14.5. The lowest BCUT2D eigenvalue weighted by molar-refractivity contribution is 0.0948. The minimum Gasteiger partial charge on any atom is -0.382 e. The van der Waals surface area contributed by atoms with Crippen molar-refractivity contribution in [1.29, 1.82) is 0 Å². The first-order valence-corrected chi connectivity index (χ1v) is 7.99. The van der Waals surface area contributed by atoms with Gasteiger partial charge in [-0.25, -0.2) is 0 Å². The predicted octanol–water partition coefficient (Wildman–Crippen LogP) is 2.72. The van der Waals surface area contributed by atoms with Crippen LogP contribution in [0.1, 0.15) is 44.0 Å². The van der Waals surface area contributed by atoms with Gasteiger partial charge in [0.25, 0.3) is 5.91 Å². The third-order valence-corrected chi connectivity index (χ3v) is 3.77. The molecule has 0 saturated heterocycles. The van der Waals surface area contributed by atoms with Crippen LogP contribution in [0.15, 0.2) is 24.3 Å². The maximum absolute atomic E-state index is 12.3. The van der Waals surface area contributed by atoms with E-state index in [0.29, 0.717) is 12.6 Å². The zero-order valence-electron chi connectivity index (χ0n) is 13.4. The van der Waals surface area contributed by atoms with Gasteiger partial charge in [0.05, 0.1) is 5.56 Å². The highest BCUT2D eigenvalue weighted by Crippen LogP contribution is 2.25. The van der Waals surface area contributed by atoms with E-state index < -0.39 is 0 Å². The molecule has 2 N–H and O–H groups in total. The summed E-state index contributed by atoms with van der Waals surface area (Å²) in [5, 5.41) is 6.36. The molecule has 4 nitrogen and oxygen atoms in total. The molecule has 1 amide bonds. The molecular formula is C17H27N3O. The van der Waals surface area contributed by atoms with E-state index in [0.717, 1.165) is 30.4 Å². The third-order valence-electron chi connectivity index (χ3n) is 3.77. The molecule has 2 rings (SSSR count). The number of para-hydroxylation sites is 1. The Labute approximate surface area is 127 Å². The van der Waals surface area contributed by atoms with Crippen molar-refractivity contribution in [2.45, 2.75) is 45.7 Å². The Morgan fingerprint density at radius 2 is 2.05 bits per heavy atom. The van der Waals surface area contributed by atoms with Gasteiger partial charge in [-0.3, -0.25) is 9.69 Å². The van der Waals surface area contributed by atoms with Gasteiger partial charge in [-0.1, -0.05) is 19.1 Å². The van der Waals surface area contributed by atoms with E-state index in [-0.39, 0.29) is 5.91 Å². The minimum absolute atomic E-state index is 0.00519. The molecule has 116 valence electrons. The summed E-state index contributed by atoms with van der Waals surface area (Å²) in [5.74, 6) is 0.00519. The molecule has 1 aromatic carbocycles. The number of rotatable bonds is 8. The number of anilines is 1. The monoisotopic (exact) mass is 289 g/mol. The molecule has 0 aromatic heterocycles. The molecule has 0 radical (unpaired) electrons. The van der Waals surface area contributed by atoms with Gasteiger partial charge in [0.1, 0.15) is 0 Å². The van der Waals surface area contributed by atoms with Crippen molar-refractivity contribution in [2.75, 3.05) is 25.0 Å². The van der Waals surface area contributed by atoms with Crippen molar-refractivity contribution < 1.29 is 4.79 Å². The molecule has 0 spiro atoms. The number of hydrogen-bond acceptors (Lipinski definition) is 3. The van der Waals surface area contributed by atoms with E-state index in [1.165, 1.54) is 12.8 Å². The lowest BCUT2D eigenvalue weighted by atomic mass is 10.1. The first-order valence-electron chi connectivity index (χ1n) is 7.99. The van der Waals surface area contributed by atoms with Crippen LogP contribution in [-0.2, 0) is 0 Å². The molecule has 1 fully saturated rings. The second kappa shape index (κ2) is 7.46. The minimum atomic E-state index is 0.00519. The standard InChI is InChI=1S/C17H27N3O/c1-4-20(14-9-10-14)12-11-18-17(21)15-7-5-6-8-16(15)19-13(2)3/h5-8,13-14,19H,4,9-12H2,1-3H3,(H,18,21). The Morgan fingerprint density at radius 1 is 1.33 bits per heavy atom. The van der Waals surface area contributed by atoms with Gasteiger partial charge in [-0.2, -0.15) is 0 Å². The SMILES string of the molecule is CCN(CCNC(=O)c1ccccc1NC(C)C)C1CC1. The molecule has 0 unspecified atom stereocenters. The summed E-state index contributed by atoms with van der Waals surface area (Å²) in [5.41, 5.74) is 1.63. The molecule has 1 aliphatic rings. The lowest BCUT2D eigenvalue weighted by Crippen LogP contribution is -2.36. The van der Waals surface area contributed by atoms with Crippen LogP contribution in [-0.4, -0.2) is 42.5 Å². The molecule has 21 heavy (non-hydrogen) atoms. The summed E-state index contributed by atoms with van der Waals surface area (Å²) in [6, 6.07) is 8.75. The number of nitrogens with zero attached hydrogens (tertiary/aromatic N) is 1. The van der Waals surface area contributed by atoms with Crippen LogP contribution in [0.2, 0.25) is 0 Å². The Balaban J connectivity index is 1.87. The fourth-order valence-corrected chi connectivity index (χ4v) is 2.56. The number of benzene rings is 1. The molecule has 4 heteroatoms. The van der Waals surface area contributed by atoms with Gasteiger partial charge in [0, 0.05) is 30.9 Å². The van der Waals surface area contributed by atoms with E-state index in [1.54, 1.807) is 0 Å². The van der Waals surface area contributed by atoms with Crippen LogP contribution < -0.4 is 10.6 Å². The quantitative estimate of drug-likeness (QED) is 0.773. The van der Waals surface area contributed by atoms with E-state index in [4.69, 9.17) is 0 Å². The maximum Gasteiger partial charge on any atom is 0.253 e. The molecular weight excluding hydrogens is 262 g/mol. The number of carbonyl (C=O) groups excluding carboxylic acids is 1. The molecule has 0 aliphatic heterocycles. The smallest absolute Gasteiger partial charge is 0.253 e. The molecule has 0 atom stereocenters. The third kappa shape index (κ3) is 4.74. The summed E-state index contributed by atoms with van der Waals surface area (Å²) in [7, 11) is 0. The topological polar surface area (TPSA) is 44.4 Å². The van der Waals surface area contributed by atoms with Crippen molar-refractivity contribution in [3.8, 4) is 0 Å². The van der Waals surface area contributed by atoms with Gasteiger partial charge in [0.2, 0.25) is 0 Å². The molecule has 0 bridgehead atoms. The van der Waals surface area contributed by atoms with Gasteiger partial charge >= 0.3 is 0 Å². The van der Waals surface area contributed by atoms with Crippen molar-refractivity contribution in [3.05, 3.63) is 29.8 Å². The highest BCUT2D eigenvalue weighted by Gasteiger charge is 2.27. The average Bonchev–Trinajstić information content (AvgIpc) is 3.28.